The molecule has 3 rings (SSSR count). The number of esters is 1. The van der Waals surface area contributed by atoms with E-state index in [0.29, 0.717) is 18.6 Å². The van der Waals surface area contributed by atoms with Gasteiger partial charge in [-0.05, 0) is 72.1 Å². The van der Waals surface area contributed by atoms with Crippen LogP contribution in [0.3, 0.4) is 0 Å². The van der Waals surface area contributed by atoms with Crippen molar-refractivity contribution in [3.05, 3.63) is 95.1 Å². The van der Waals surface area contributed by atoms with Gasteiger partial charge in [-0.1, -0.05) is 79.7 Å². The maximum atomic E-state index is 12.0. The molecule has 0 aromatic heterocycles. The molecule has 3 aromatic carbocycles. The fourth-order valence-corrected chi connectivity index (χ4v) is 4.00. The number of hydrogen-bond acceptors (Lipinski definition) is 3. The van der Waals surface area contributed by atoms with Gasteiger partial charge in [-0.15, -0.1) is 0 Å². The Morgan fingerprint density at radius 2 is 1.61 bits per heavy atom. The quantitative estimate of drug-likeness (QED) is 0.286. The molecular formula is C30H34O3. The first-order valence-electron chi connectivity index (χ1n) is 11.8. The van der Waals surface area contributed by atoms with Crippen molar-refractivity contribution in [2.45, 2.75) is 46.5 Å². The van der Waals surface area contributed by atoms with Crippen molar-refractivity contribution in [1.29, 1.82) is 0 Å². The molecule has 0 radical (unpaired) electrons. The Bertz CT molecular complexity index is 1100. The Morgan fingerprint density at radius 1 is 0.879 bits per heavy atom. The van der Waals surface area contributed by atoms with E-state index in [9.17, 15) is 9.90 Å². The molecule has 0 fully saturated rings. The molecule has 3 heteroatoms. The van der Waals surface area contributed by atoms with Crippen molar-refractivity contribution < 1.29 is 14.6 Å². The molecule has 0 saturated heterocycles. The van der Waals surface area contributed by atoms with Gasteiger partial charge in [-0.3, -0.25) is 0 Å². The van der Waals surface area contributed by atoms with Gasteiger partial charge < -0.3 is 9.84 Å². The third-order valence-corrected chi connectivity index (χ3v) is 6.07. The van der Waals surface area contributed by atoms with Crippen LogP contribution in [0.25, 0.3) is 22.3 Å². The molecule has 0 heterocycles. The summed E-state index contributed by atoms with van der Waals surface area (Å²) in [6, 6.07) is 23.7. The van der Waals surface area contributed by atoms with Crippen LogP contribution in [0.5, 0.6) is 0 Å². The fourth-order valence-electron chi connectivity index (χ4n) is 4.00. The lowest BCUT2D eigenvalue weighted by atomic mass is 9.90. The van der Waals surface area contributed by atoms with Crippen molar-refractivity contribution >= 4 is 5.97 Å². The fraction of sp³-hybridized carbons (Fsp3) is 0.300. The smallest absolute Gasteiger partial charge is 0.333 e. The van der Waals surface area contributed by atoms with E-state index in [2.05, 4.69) is 67.6 Å². The van der Waals surface area contributed by atoms with Gasteiger partial charge in [0.15, 0.2) is 0 Å². The monoisotopic (exact) mass is 442 g/mol. The minimum absolute atomic E-state index is 0.164. The number of aliphatic hydroxyl groups excluding tert-OH is 1. The van der Waals surface area contributed by atoms with Gasteiger partial charge in [0.2, 0.25) is 0 Å². The summed E-state index contributed by atoms with van der Waals surface area (Å²) in [5.41, 5.74) is 9.14. The highest BCUT2D eigenvalue weighted by molar-refractivity contribution is 5.87. The van der Waals surface area contributed by atoms with Gasteiger partial charge in [0, 0.05) is 18.6 Å². The maximum absolute atomic E-state index is 12.0. The summed E-state index contributed by atoms with van der Waals surface area (Å²) in [7, 11) is 0. The molecule has 172 valence electrons. The van der Waals surface area contributed by atoms with E-state index in [1.54, 1.807) is 13.0 Å². The van der Waals surface area contributed by atoms with Crippen molar-refractivity contribution in [3.63, 3.8) is 0 Å². The van der Waals surface area contributed by atoms with E-state index in [0.717, 1.165) is 19.3 Å². The largest absolute Gasteiger partial charge is 0.462 e. The highest BCUT2D eigenvalue weighted by atomic mass is 16.5. The lowest BCUT2D eigenvalue weighted by Crippen LogP contribution is -2.10. The number of carbonyl (C=O) groups excluding carboxylic acids is 1. The average molecular weight is 443 g/mol. The number of rotatable bonds is 10. The van der Waals surface area contributed by atoms with Crippen LogP contribution in [-0.4, -0.2) is 24.3 Å². The third kappa shape index (κ3) is 6.43. The average Bonchev–Trinajstić information content (AvgIpc) is 2.87. The van der Waals surface area contributed by atoms with Gasteiger partial charge in [0.25, 0.3) is 0 Å². The van der Waals surface area contributed by atoms with Gasteiger partial charge in [-0.25, -0.2) is 4.79 Å². The van der Waals surface area contributed by atoms with Crippen LogP contribution in [-0.2, 0) is 28.8 Å². The SMILES string of the molecule is C/C=C(/C)C(=O)OCCc1cc(-c2ccc(-c3ccccc3)cc2CC)ccc1CCCO. The van der Waals surface area contributed by atoms with Crippen LogP contribution >= 0.6 is 0 Å². The zero-order chi connectivity index (χ0) is 23.6. The summed E-state index contributed by atoms with van der Waals surface area (Å²) < 4.78 is 5.46. The molecule has 33 heavy (non-hydrogen) atoms. The molecule has 0 saturated carbocycles. The van der Waals surface area contributed by atoms with E-state index in [-0.39, 0.29) is 12.6 Å². The summed E-state index contributed by atoms with van der Waals surface area (Å²) in [6.07, 6.45) is 4.89. The highest BCUT2D eigenvalue weighted by Gasteiger charge is 2.11. The van der Waals surface area contributed by atoms with E-state index in [1.807, 2.05) is 13.0 Å². The Labute approximate surface area is 197 Å². The van der Waals surface area contributed by atoms with Gasteiger partial charge >= 0.3 is 5.97 Å². The number of benzene rings is 3. The molecule has 0 aliphatic carbocycles. The predicted molar refractivity (Wildman–Crippen MR) is 136 cm³/mol. The van der Waals surface area contributed by atoms with Gasteiger partial charge in [0.1, 0.15) is 0 Å². The Kier molecular flexibility index (Phi) is 9.03. The zero-order valence-electron chi connectivity index (χ0n) is 19.9. The molecule has 3 nitrogen and oxygen atoms in total. The van der Waals surface area contributed by atoms with E-state index >= 15 is 0 Å². The number of carbonyl (C=O) groups is 1. The highest BCUT2D eigenvalue weighted by Crippen LogP contribution is 2.31. The molecule has 0 atom stereocenters. The van der Waals surface area contributed by atoms with Crippen molar-refractivity contribution in [2.75, 3.05) is 13.2 Å². The summed E-state index contributed by atoms with van der Waals surface area (Å²) >= 11 is 0. The summed E-state index contributed by atoms with van der Waals surface area (Å²) in [4.78, 5) is 12.0. The van der Waals surface area contributed by atoms with Crippen molar-refractivity contribution in [1.82, 2.24) is 0 Å². The predicted octanol–water partition coefficient (Wildman–Crippen LogP) is 6.56. The molecule has 0 amide bonds. The van der Waals surface area contributed by atoms with Crippen molar-refractivity contribution in [2.24, 2.45) is 0 Å². The maximum Gasteiger partial charge on any atom is 0.333 e. The number of aryl methyl sites for hydroxylation is 2. The minimum Gasteiger partial charge on any atom is -0.462 e. The summed E-state index contributed by atoms with van der Waals surface area (Å²) in [5.74, 6) is -0.268. The second-order valence-electron chi connectivity index (χ2n) is 8.26. The normalized spacial score (nSPS) is 11.5. The van der Waals surface area contributed by atoms with Crippen LogP contribution in [0.2, 0.25) is 0 Å². The number of hydrogen-bond donors (Lipinski definition) is 1. The Hall–Kier alpha value is -3.17. The lowest BCUT2D eigenvalue weighted by Gasteiger charge is -2.15. The number of allylic oxidation sites excluding steroid dienone is 1. The lowest BCUT2D eigenvalue weighted by molar-refractivity contribution is -0.138. The second-order valence-corrected chi connectivity index (χ2v) is 8.26. The van der Waals surface area contributed by atoms with Gasteiger partial charge in [-0.2, -0.15) is 0 Å². The van der Waals surface area contributed by atoms with E-state index in [4.69, 9.17) is 4.74 Å². The first kappa shape index (κ1) is 24.5. The standard InChI is InChI=1S/C30H34O3/c1-4-22(3)30(32)33-19-17-27-21-28(14-13-25(27)12-9-18-31)29-16-15-26(20-23(29)5-2)24-10-7-6-8-11-24/h4,6-8,10-11,13-16,20-21,31H,5,9,12,17-19H2,1-3H3/b22-4-. The molecular weight excluding hydrogens is 408 g/mol. The molecule has 0 unspecified atom stereocenters. The van der Waals surface area contributed by atoms with Gasteiger partial charge in [0.05, 0.1) is 6.61 Å². The van der Waals surface area contributed by atoms with Crippen LogP contribution in [0.15, 0.2) is 78.4 Å². The Balaban J connectivity index is 1.89. The number of ether oxygens (including phenoxy) is 1. The molecule has 1 N–H and O–H groups in total. The van der Waals surface area contributed by atoms with Crippen LogP contribution in [0, 0.1) is 0 Å². The first-order chi connectivity index (χ1) is 16.1. The zero-order valence-corrected chi connectivity index (χ0v) is 19.9. The van der Waals surface area contributed by atoms with E-state index < -0.39 is 0 Å². The minimum atomic E-state index is -0.268. The molecule has 0 bridgehead atoms. The van der Waals surface area contributed by atoms with Crippen LogP contribution in [0.4, 0.5) is 0 Å². The number of aliphatic hydroxyl groups is 1. The summed E-state index contributed by atoms with van der Waals surface area (Å²) in [5, 5.41) is 9.30. The third-order valence-electron chi connectivity index (χ3n) is 6.07. The molecule has 3 aromatic rings. The van der Waals surface area contributed by atoms with Crippen LogP contribution in [0.1, 0.15) is 43.9 Å². The topological polar surface area (TPSA) is 46.5 Å². The Morgan fingerprint density at radius 3 is 2.30 bits per heavy atom. The first-order valence-corrected chi connectivity index (χ1v) is 11.8. The molecule has 0 aliphatic heterocycles. The second kappa shape index (κ2) is 12.2. The van der Waals surface area contributed by atoms with Crippen molar-refractivity contribution in [3.8, 4) is 22.3 Å². The molecule has 0 aliphatic rings. The van der Waals surface area contributed by atoms with Crippen LogP contribution < -0.4 is 0 Å². The summed E-state index contributed by atoms with van der Waals surface area (Å²) in [6.45, 7) is 6.29. The van der Waals surface area contributed by atoms with E-state index in [1.165, 1.54) is 38.9 Å². The molecule has 0 spiro atoms.